The maximum Gasteiger partial charge on any atom is 0.230 e. The summed E-state index contributed by atoms with van der Waals surface area (Å²) in [7, 11) is 1.94. The van der Waals surface area contributed by atoms with Crippen molar-refractivity contribution in [3.63, 3.8) is 0 Å². The second-order valence-corrected chi connectivity index (χ2v) is 9.87. The van der Waals surface area contributed by atoms with E-state index in [1.54, 1.807) is 6.20 Å². The van der Waals surface area contributed by atoms with Gasteiger partial charge in [-0.05, 0) is 38.5 Å². The van der Waals surface area contributed by atoms with Crippen LogP contribution in [0.25, 0.3) is 11.0 Å². The molecule has 188 valence electrons. The molecule has 0 radical (unpaired) electrons. The highest BCUT2D eigenvalue weighted by Gasteiger charge is 2.28. The molecule has 3 fully saturated rings. The third kappa shape index (κ3) is 4.98. The fraction of sp³-hybridized carbons (Fsp3) is 0.667. The minimum absolute atomic E-state index is 0.380. The molecule has 0 amide bonds. The van der Waals surface area contributed by atoms with Gasteiger partial charge in [0.25, 0.3) is 0 Å². The number of rotatable bonds is 6. The molecule has 2 saturated heterocycles. The lowest BCUT2D eigenvalue weighted by Gasteiger charge is -2.39. The van der Waals surface area contributed by atoms with Crippen molar-refractivity contribution < 1.29 is 9.47 Å². The Balaban J connectivity index is 1.15. The van der Waals surface area contributed by atoms with Crippen molar-refractivity contribution in [2.75, 3.05) is 50.2 Å². The summed E-state index contributed by atoms with van der Waals surface area (Å²) in [5.41, 5.74) is 2.65. The van der Waals surface area contributed by atoms with Gasteiger partial charge in [-0.1, -0.05) is 0 Å². The zero-order chi connectivity index (χ0) is 23.6. The Morgan fingerprint density at radius 1 is 0.857 bits per heavy atom. The first-order valence-electron chi connectivity index (χ1n) is 12.9. The Hall–Kier alpha value is -2.76. The van der Waals surface area contributed by atoms with Crippen molar-refractivity contribution in [2.24, 2.45) is 7.05 Å². The van der Waals surface area contributed by atoms with Crippen molar-refractivity contribution in [3.8, 4) is 0 Å². The average Bonchev–Trinajstić information content (AvgIpc) is 3.52. The van der Waals surface area contributed by atoms with Gasteiger partial charge in [0.1, 0.15) is 11.0 Å². The molecule has 2 N–H and O–H groups in total. The van der Waals surface area contributed by atoms with Gasteiger partial charge in [0.05, 0.1) is 37.3 Å². The first-order chi connectivity index (χ1) is 17.2. The quantitative estimate of drug-likeness (QED) is 0.549. The lowest BCUT2D eigenvalue weighted by molar-refractivity contribution is 0.00791. The molecule has 6 rings (SSSR count). The molecule has 3 aliphatic rings. The van der Waals surface area contributed by atoms with Crippen LogP contribution in [0.3, 0.4) is 0 Å². The van der Waals surface area contributed by atoms with Crippen LogP contribution in [0.2, 0.25) is 0 Å². The Morgan fingerprint density at radius 2 is 1.63 bits per heavy atom. The molecular weight excluding hydrogens is 446 g/mol. The van der Waals surface area contributed by atoms with E-state index in [9.17, 15) is 0 Å². The van der Waals surface area contributed by atoms with E-state index in [-0.39, 0.29) is 0 Å². The molecule has 2 aliphatic heterocycles. The smallest absolute Gasteiger partial charge is 0.230 e. The van der Waals surface area contributed by atoms with Crippen molar-refractivity contribution in [3.05, 3.63) is 18.6 Å². The minimum atomic E-state index is 0.380. The SMILES string of the molecule is Cn1ncc2nc(Nc3cnn(C4CCOCC4)c3)nc(NC3CCC(N4CCOCC4)CC3)c21. The van der Waals surface area contributed by atoms with Gasteiger partial charge in [0.2, 0.25) is 5.95 Å². The maximum absolute atomic E-state index is 5.53. The largest absolute Gasteiger partial charge is 0.381 e. The number of aryl methyl sites for hydroxylation is 1. The number of nitrogens with one attached hydrogen (secondary N) is 2. The van der Waals surface area contributed by atoms with Gasteiger partial charge in [0, 0.05) is 51.6 Å². The van der Waals surface area contributed by atoms with Crippen molar-refractivity contribution in [2.45, 2.75) is 56.7 Å². The highest BCUT2D eigenvalue weighted by Crippen LogP contribution is 2.29. The van der Waals surface area contributed by atoms with Crippen LogP contribution < -0.4 is 10.6 Å². The van der Waals surface area contributed by atoms with Crippen molar-refractivity contribution in [1.29, 1.82) is 0 Å². The summed E-state index contributed by atoms with van der Waals surface area (Å²) in [6, 6.07) is 1.44. The Kier molecular flexibility index (Phi) is 6.53. The predicted octanol–water partition coefficient (Wildman–Crippen LogP) is 2.71. The number of nitrogens with zero attached hydrogens (tertiary/aromatic N) is 7. The van der Waals surface area contributed by atoms with Crippen LogP contribution in [-0.2, 0) is 16.5 Å². The first kappa shape index (κ1) is 22.7. The molecule has 35 heavy (non-hydrogen) atoms. The molecule has 1 aliphatic carbocycles. The van der Waals surface area contributed by atoms with E-state index in [1.807, 2.05) is 28.8 Å². The molecule has 0 aromatic carbocycles. The molecule has 0 atom stereocenters. The zero-order valence-corrected chi connectivity index (χ0v) is 20.4. The zero-order valence-electron chi connectivity index (χ0n) is 20.4. The Morgan fingerprint density at radius 3 is 2.43 bits per heavy atom. The first-order valence-corrected chi connectivity index (χ1v) is 12.9. The number of hydrogen-bond donors (Lipinski definition) is 2. The van der Waals surface area contributed by atoms with E-state index in [4.69, 9.17) is 19.4 Å². The summed E-state index contributed by atoms with van der Waals surface area (Å²) in [4.78, 5) is 12.2. The van der Waals surface area contributed by atoms with Gasteiger partial charge in [-0.15, -0.1) is 0 Å². The summed E-state index contributed by atoms with van der Waals surface area (Å²) < 4.78 is 14.9. The molecule has 1 saturated carbocycles. The summed E-state index contributed by atoms with van der Waals surface area (Å²) in [5.74, 6) is 1.39. The number of hydrogen-bond acceptors (Lipinski definition) is 9. The highest BCUT2D eigenvalue weighted by atomic mass is 16.5. The standard InChI is InChI=1S/C24H35N9O2/c1-31-22-21(15-25-31)29-24(28-18-14-26-33(16-18)20-6-10-34-11-7-20)30-23(22)27-17-2-4-19(5-3-17)32-8-12-35-13-9-32/h14-17,19-20H,2-13H2,1H3,(H2,27,28,29,30). The Bertz CT molecular complexity index is 1130. The topological polar surface area (TPSA) is 107 Å². The molecule has 11 nitrogen and oxygen atoms in total. The highest BCUT2D eigenvalue weighted by molar-refractivity contribution is 5.87. The summed E-state index contributed by atoms with van der Waals surface area (Å²) >= 11 is 0. The third-order valence-corrected chi connectivity index (χ3v) is 7.61. The monoisotopic (exact) mass is 481 g/mol. The lowest BCUT2D eigenvalue weighted by Crippen LogP contribution is -2.46. The molecule has 11 heteroatoms. The van der Waals surface area contributed by atoms with Crippen LogP contribution in [0.4, 0.5) is 17.5 Å². The number of morpholine rings is 1. The van der Waals surface area contributed by atoms with E-state index < -0.39 is 0 Å². The van der Waals surface area contributed by atoms with Gasteiger partial charge < -0.3 is 20.1 Å². The molecule has 0 spiro atoms. The van der Waals surface area contributed by atoms with E-state index >= 15 is 0 Å². The lowest BCUT2D eigenvalue weighted by atomic mass is 9.90. The molecule has 0 bridgehead atoms. The molecule has 3 aromatic heterocycles. The second kappa shape index (κ2) is 10.1. The van der Waals surface area contributed by atoms with Gasteiger partial charge in [-0.25, -0.2) is 4.98 Å². The Labute approximate surface area is 205 Å². The van der Waals surface area contributed by atoms with Crippen molar-refractivity contribution in [1.82, 2.24) is 34.4 Å². The van der Waals surface area contributed by atoms with E-state index in [2.05, 4.69) is 25.7 Å². The van der Waals surface area contributed by atoms with Crippen LogP contribution in [-0.4, -0.2) is 86.0 Å². The fourth-order valence-electron chi connectivity index (χ4n) is 5.64. The maximum atomic E-state index is 5.53. The van der Waals surface area contributed by atoms with E-state index in [0.717, 1.165) is 87.7 Å². The minimum Gasteiger partial charge on any atom is -0.381 e. The molecule has 0 unspecified atom stereocenters. The van der Waals surface area contributed by atoms with Crippen LogP contribution in [0.1, 0.15) is 44.6 Å². The van der Waals surface area contributed by atoms with Gasteiger partial charge in [0.15, 0.2) is 5.82 Å². The third-order valence-electron chi connectivity index (χ3n) is 7.61. The fourth-order valence-corrected chi connectivity index (χ4v) is 5.64. The van der Waals surface area contributed by atoms with Crippen LogP contribution in [0, 0.1) is 0 Å². The number of ether oxygens (including phenoxy) is 2. The van der Waals surface area contributed by atoms with Crippen LogP contribution in [0.15, 0.2) is 18.6 Å². The van der Waals surface area contributed by atoms with E-state index in [1.165, 1.54) is 12.8 Å². The van der Waals surface area contributed by atoms with Gasteiger partial charge >= 0.3 is 0 Å². The average molecular weight is 482 g/mol. The number of fused-ring (bicyclic) bond motifs is 1. The van der Waals surface area contributed by atoms with Gasteiger partial charge in [-0.3, -0.25) is 14.3 Å². The van der Waals surface area contributed by atoms with Crippen LogP contribution in [0.5, 0.6) is 0 Å². The number of aromatic nitrogens is 6. The second-order valence-electron chi connectivity index (χ2n) is 9.87. The summed E-state index contributed by atoms with van der Waals surface area (Å²) in [6.45, 7) is 5.42. The normalized spacial score (nSPS) is 24.6. The van der Waals surface area contributed by atoms with Crippen LogP contribution >= 0.6 is 0 Å². The van der Waals surface area contributed by atoms with Gasteiger partial charge in [-0.2, -0.15) is 15.2 Å². The predicted molar refractivity (Wildman–Crippen MR) is 133 cm³/mol. The molecular formula is C24H35N9O2. The number of anilines is 3. The summed E-state index contributed by atoms with van der Waals surface area (Å²) in [5, 5.41) is 16.1. The molecule has 5 heterocycles. The summed E-state index contributed by atoms with van der Waals surface area (Å²) in [6.07, 6.45) is 12.3. The van der Waals surface area contributed by atoms with E-state index in [0.29, 0.717) is 24.1 Å². The van der Waals surface area contributed by atoms with Crippen molar-refractivity contribution >= 4 is 28.5 Å². The molecule has 3 aromatic rings.